The van der Waals surface area contributed by atoms with Gasteiger partial charge in [-0.25, -0.2) is 4.98 Å². The predicted molar refractivity (Wildman–Crippen MR) is 67.0 cm³/mol. The Labute approximate surface area is 100 Å². The lowest BCUT2D eigenvalue weighted by Crippen LogP contribution is -2.17. The topological polar surface area (TPSA) is 46.9 Å². The Morgan fingerprint density at radius 3 is 2.88 bits per heavy atom. The molecule has 0 saturated carbocycles. The molecular formula is C13H15N3O. The maximum absolute atomic E-state index is 11.6. The van der Waals surface area contributed by atoms with Crippen LogP contribution in [0.25, 0.3) is 5.69 Å². The molecule has 2 aromatic rings. The number of anilines is 1. The third kappa shape index (κ3) is 2.72. The maximum atomic E-state index is 11.6. The van der Waals surface area contributed by atoms with E-state index >= 15 is 0 Å². The Morgan fingerprint density at radius 1 is 1.41 bits per heavy atom. The van der Waals surface area contributed by atoms with Gasteiger partial charge in [0.2, 0.25) is 5.91 Å². The molecular weight excluding hydrogens is 214 g/mol. The van der Waals surface area contributed by atoms with Crippen molar-refractivity contribution in [2.24, 2.45) is 5.92 Å². The van der Waals surface area contributed by atoms with Crippen LogP contribution in [0.1, 0.15) is 13.8 Å². The molecule has 0 bridgehead atoms. The first-order valence-electron chi connectivity index (χ1n) is 5.56. The van der Waals surface area contributed by atoms with Crippen molar-refractivity contribution < 1.29 is 4.79 Å². The Balaban J connectivity index is 2.20. The van der Waals surface area contributed by atoms with Crippen molar-refractivity contribution in [1.29, 1.82) is 0 Å². The second-order valence-electron chi connectivity index (χ2n) is 4.16. The number of nitrogens with zero attached hydrogens (tertiary/aromatic N) is 2. The summed E-state index contributed by atoms with van der Waals surface area (Å²) < 4.78 is 1.89. The van der Waals surface area contributed by atoms with Gasteiger partial charge in [0.05, 0.1) is 6.33 Å². The highest BCUT2D eigenvalue weighted by Gasteiger charge is 2.07. The van der Waals surface area contributed by atoms with E-state index in [-0.39, 0.29) is 11.8 Å². The number of nitrogens with one attached hydrogen (secondary N) is 1. The zero-order valence-electron chi connectivity index (χ0n) is 9.92. The summed E-state index contributed by atoms with van der Waals surface area (Å²) in [5, 5.41) is 2.87. The third-order valence-electron chi connectivity index (χ3n) is 2.44. The number of carbonyl (C=O) groups excluding carboxylic acids is 1. The van der Waals surface area contributed by atoms with E-state index < -0.39 is 0 Å². The first kappa shape index (κ1) is 11.4. The van der Waals surface area contributed by atoms with Crippen molar-refractivity contribution in [1.82, 2.24) is 9.55 Å². The highest BCUT2D eigenvalue weighted by Crippen LogP contribution is 2.15. The molecule has 0 spiro atoms. The Hall–Kier alpha value is -2.10. The molecule has 1 aromatic heterocycles. The number of amides is 1. The standard InChI is InChI=1S/C13H15N3O/c1-10(2)13(17)15-11-4-3-5-12(8-11)16-7-6-14-9-16/h3-10H,1-2H3,(H,15,17). The van der Waals surface area contributed by atoms with Gasteiger partial charge in [-0.15, -0.1) is 0 Å². The van der Waals surface area contributed by atoms with E-state index in [1.54, 1.807) is 12.5 Å². The molecule has 0 aliphatic rings. The summed E-state index contributed by atoms with van der Waals surface area (Å²) in [7, 11) is 0. The number of imidazole rings is 1. The number of benzene rings is 1. The van der Waals surface area contributed by atoms with Crippen molar-refractivity contribution in [3.63, 3.8) is 0 Å². The molecule has 0 saturated heterocycles. The Bertz CT molecular complexity index is 503. The maximum Gasteiger partial charge on any atom is 0.226 e. The monoisotopic (exact) mass is 229 g/mol. The van der Waals surface area contributed by atoms with Crippen LogP contribution in [0.2, 0.25) is 0 Å². The van der Waals surface area contributed by atoms with Crippen LogP contribution in [-0.4, -0.2) is 15.5 Å². The Morgan fingerprint density at radius 2 is 2.24 bits per heavy atom. The van der Waals surface area contributed by atoms with E-state index in [1.807, 2.05) is 48.9 Å². The van der Waals surface area contributed by atoms with Crippen LogP contribution >= 0.6 is 0 Å². The molecule has 1 aromatic carbocycles. The average Bonchev–Trinajstić information content (AvgIpc) is 2.82. The lowest BCUT2D eigenvalue weighted by molar-refractivity contribution is -0.118. The fourth-order valence-corrected chi connectivity index (χ4v) is 1.44. The average molecular weight is 229 g/mol. The van der Waals surface area contributed by atoms with Crippen molar-refractivity contribution in [2.75, 3.05) is 5.32 Å². The molecule has 17 heavy (non-hydrogen) atoms. The van der Waals surface area contributed by atoms with Gasteiger partial charge in [-0.3, -0.25) is 4.79 Å². The molecule has 1 amide bonds. The summed E-state index contributed by atoms with van der Waals surface area (Å²) in [5.74, 6) is -0.000294. The molecule has 4 nitrogen and oxygen atoms in total. The molecule has 0 radical (unpaired) electrons. The quantitative estimate of drug-likeness (QED) is 0.878. The van der Waals surface area contributed by atoms with Crippen molar-refractivity contribution in [3.8, 4) is 5.69 Å². The molecule has 0 aliphatic carbocycles. The highest BCUT2D eigenvalue weighted by molar-refractivity contribution is 5.92. The number of hydrogen-bond donors (Lipinski definition) is 1. The summed E-state index contributed by atoms with van der Waals surface area (Å²) in [6, 6.07) is 7.67. The number of rotatable bonds is 3. The lowest BCUT2D eigenvalue weighted by atomic mass is 10.2. The molecule has 88 valence electrons. The van der Waals surface area contributed by atoms with Crippen LogP contribution in [0.5, 0.6) is 0 Å². The number of hydrogen-bond acceptors (Lipinski definition) is 2. The smallest absolute Gasteiger partial charge is 0.226 e. The van der Waals surface area contributed by atoms with Gasteiger partial charge in [0.25, 0.3) is 0 Å². The van der Waals surface area contributed by atoms with Crippen LogP contribution in [0.15, 0.2) is 43.0 Å². The first-order valence-corrected chi connectivity index (χ1v) is 5.56. The fraction of sp³-hybridized carbons (Fsp3) is 0.231. The molecule has 1 heterocycles. The van der Waals surface area contributed by atoms with E-state index in [9.17, 15) is 4.79 Å². The third-order valence-corrected chi connectivity index (χ3v) is 2.44. The molecule has 2 rings (SSSR count). The molecule has 0 atom stereocenters. The number of carbonyl (C=O) groups is 1. The zero-order chi connectivity index (χ0) is 12.3. The second kappa shape index (κ2) is 4.82. The molecule has 0 fully saturated rings. The molecule has 0 aliphatic heterocycles. The van der Waals surface area contributed by atoms with Gasteiger partial charge in [-0.05, 0) is 18.2 Å². The van der Waals surface area contributed by atoms with Gasteiger partial charge in [0.15, 0.2) is 0 Å². The summed E-state index contributed by atoms with van der Waals surface area (Å²) in [4.78, 5) is 15.6. The fourth-order valence-electron chi connectivity index (χ4n) is 1.44. The molecule has 4 heteroatoms. The SMILES string of the molecule is CC(C)C(=O)Nc1cccc(-n2ccnc2)c1. The van der Waals surface area contributed by atoms with Crippen LogP contribution in [0.3, 0.4) is 0 Å². The normalized spacial score (nSPS) is 10.5. The van der Waals surface area contributed by atoms with Crippen molar-refractivity contribution in [2.45, 2.75) is 13.8 Å². The van der Waals surface area contributed by atoms with E-state index in [0.717, 1.165) is 11.4 Å². The van der Waals surface area contributed by atoms with Crippen LogP contribution in [0.4, 0.5) is 5.69 Å². The summed E-state index contributed by atoms with van der Waals surface area (Å²) in [6.07, 6.45) is 5.31. The minimum Gasteiger partial charge on any atom is -0.326 e. The molecule has 1 N–H and O–H groups in total. The highest BCUT2D eigenvalue weighted by atomic mass is 16.1. The van der Waals surface area contributed by atoms with Crippen LogP contribution < -0.4 is 5.32 Å². The minimum atomic E-state index is -0.0214. The van der Waals surface area contributed by atoms with Crippen LogP contribution in [-0.2, 0) is 4.79 Å². The van der Waals surface area contributed by atoms with Gasteiger partial charge in [-0.2, -0.15) is 0 Å². The minimum absolute atomic E-state index is 0.0211. The number of aromatic nitrogens is 2. The van der Waals surface area contributed by atoms with Crippen LogP contribution in [0, 0.1) is 5.92 Å². The summed E-state index contributed by atoms with van der Waals surface area (Å²) >= 11 is 0. The van der Waals surface area contributed by atoms with Gasteiger partial charge < -0.3 is 9.88 Å². The van der Waals surface area contributed by atoms with E-state index in [4.69, 9.17) is 0 Å². The zero-order valence-corrected chi connectivity index (χ0v) is 9.92. The van der Waals surface area contributed by atoms with Gasteiger partial charge in [0, 0.05) is 29.7 Å². The lowest BCUT2D eigenvalue weighted by Gasteiger charge is -2.09. The largest absolute Gasteiger partial charge is 0.326 e. The van der Waals surface area contributed by atoms with E-state index in [1.165, 1.54) is 0 Å². The predicted octanol–water partition coefficient (Wildman–Crippen LogP) is 2.47. The second-order valence-corrected chi connectivity index (χ2v) is 4.16. The van der Waals surface area contributed by atoms with Gasteiger partial charge in [-0.1, -0.05) is 19.9 Å². The Kier molecular flexibility index (Phi) is 3.23. The van der Waals surface area contributed by atoms with E-state index in [2.05, 4.69) is 10.3 Å². The summed E-state index contributed by atoms with van der Waals surface area (Å²) in [5.41, 5.74) is 1.78. The first-order chi connectivity index (χ1) is 8.16. The molecule has 0 unspecified atom stereocenters. The van der Waals surface area contributed by atoms with E-state index in [0.29, 0.717) is 0 Å². The summed E-state index contributed by atoms with van der Waals surface area (Å²) in [6.45, 7) is 3.74. The van der Waals surface area contributed by atoms with Gasteiger partial charge >= 0.3 is 0 Å². The van der Waals surface area contributed by atoms with Gasteiger partial charge in [0.1, 0.15) is 0 Å². The van der Waals surface area contributed by atoms with Crippen molar-refractivity contribution >= 4 is 11.6 Å². The van der Waals surface area contributed by atoms with Crippen molar-refractivity contribution in [3.05, 3.63) is 43.0 Å².